The molecule has 4 amide bonds. The van der Waals surface area contributed by atoms with Crippen molar-refractivity contribution in [2.24, 2.45) is 0 Å². The van der Waals surface area contributed by atoms with Gasteiger partial charge in [0.05, 0.1) is 17.2 Å². The number of halogens is 2. The minimum atomic E-state index is -1.04. The molecule has 0 aromatic heterocycles. The maximum absolute atomic E-state index is 14.2. The molecule has 3 aromatic carbocycles. The van der Waals surface area contributed by atoms with Crippen molar-refractivity contribution in [3.05, 3.63) is 104 Å². The van der Waals surface area contributed by atoms with Crippen LogP contribution in [0.3, 0.4) is 0 Å². The van der Waals surface area contributed by atoms with Gasteiger partial charge < -0.3 is 4.74 Å². The Balaban J connectivity index is 1.73. The number of nitro groups is 1. The molecule has 0 atom stereocenters. The van der Waals surface area contributed by atoms with Crippen molar-refractivity contribution < 1.29 is 28.4 Å². The van der Waals surface area contributed by atoms with Crippen molar-refractivity contribution in [3.63, 3.8) is 0 Å². The minimum absolute atomic E-state index is 0.0802. The zero-order valence-corrected chi connectivity index (χ0v) is 20.1. The first-order chi connectivity index (χ1) is 17.7. The lowest BCUT2D eigenvalue weighted by Gasteiger charge is -2.26. The van der Waals surface area contributed by atoms with Crippen molar-refractivity contribution in [1.29, 1.82) is 0 Å². The number of hydrogen-bond acceptors (Lipinski definition) is 6. The van der Waals surface area contributed by atoms with Gasteiger partial charge in [-0.25, -0.2) is 14.1 Å². The molecular formula is C26H19ClFN3O6. The van der Waals surface area contributed by atoms with E-state index in [9.17, 15) is 28.9 Å². The SMILES string of the molecule is CCOc1cc(/C=C2\C(=O)NC(=O)N(c3cccc([N+](=O)[O-])c3)C2=O)cc(Cl)c1Cc1ccccc1F. The highest BCUT2D eigenvalue weighted by Crippen LogP contribution is 2.33. The molecule has 0 spiro atoms. The molecule has 1 saturated heterocycles. The van der Waals surface area contributed by atoms with Crippen LogP contribution in [0.2, 0.25) is 5.02 Å². The van der Waals surface area contributed by atoms with Crippen molar-refractivity contribution in [3.8, 4) is 5.75 Å². The average Bonchev–Trinajstić information content (AvgIpc) is 2.85. The fraction of sp³-hybridized carbons (Fsp3) is 0.115. The summed E-state index contributed by atoms with van der Waals surface area (Å²) in [5.41, 5.74) is 0.430. The highest BCUT2D eigenvalue weighted by atomic mass is 35.5. The Hall–Kier alpha value is -4.57. The molecule has 37 heavy (non-hydrogen) atoms. The molecular weight excluding hydrogens is 505 g/mol. The molecule has 0 bridgehead atoms. The largest absolute Gasteiger partial charge is 0.494 e. The van der Waals surface area contributed by atoms with Gasteiger partial charge >= 0.3 is 6.03 Å². The van der Waals surface area contributed by atoms with Gasteiger partial charge in [-0.15, -0.1) is 0 Å². The molecule has 1 fully saturated rings. The molecule has 1 aliphatic rings. The molecule has 0 radical (unpaired) electrons. The average molecular weight is 524 g/mol. The van der Waals surface area contributed by atoms with Crippen LogP contribution in [0.5, 0.6) is 5.75 Å². The molecule has 1 heterocycles. The van der Waals surface area contributed by atoms with E-state index in [1.165, 1.54) is 36.4 Å². The lowest BCUT2D eigenvalue weighted by molar-refractivity contribution is -0.384. The fourth-order valence-electron chi connectivity index (χ4n) is 3.81. The number of urea groups is 1. The van der Waals surface area contributed by atoms with Gasteiger partial charge in [0, 0.05) is 29.1 Å². The van der Waals surface area contributed by atoms with E-state index in [1.54, 1.807) is 31.2 Å². The highest BCUT2D eigenvalue weighted by molar-refractivity contribution is 6.39. The molecule has 3 aromatic rings. The number of nitrogens with zero attached hydrogens (tertiary/aromatic N) is 2. The van der Waals surface area contributed by atoms with E-state index in [0.29, 0.717) is 27.3 Å². The van der Waals surface area contributed by atoms with Crippen molar-refractivity contribution >= 4 is 46.9 Å². The summed E-state index contributed by atoms with van der Waals surface area (Å²) >= 11 is 6.51. The zero-order valence-electron chi connectivity index (χ0n) is 19.4. The van der Waals surface area contributed by atoms with Crippen LogP contribution >= 0.6 is 11.6 Å². The van der Waals surface area contributed by atoms with Crippen LogP contribution in [0, 0.1) is 15.9 Å². The van der Waals surface area contributed by atoms with Crippen LogP contribution in [0.15, 0.2) is 66.2 Å². The molecule has 1 N–H and O–H groups in total. The van der Waals surface area contributed by atoms with Crippen molar-refractivity contribution in [2.45, 2.75) is 13.3 Å². The summed E-state index contributed by atoms with van der Waals surface area (Å²) in [4.78, 5) is 49.3. The number of barbiturate groups is 1. The van der Waals surface area contributed by atoms with E-state index in [-0.39, 0.29) is 29.4 Å². The molecule has 188 valence electrons. The van der Waals surface area contributed by atoms with Gasteiger partial charge in [-0.3, -0.25) is 25.0 Å². The Morgan fingerprint density at radius 2 is 1.86 bits per heavy atom. The monoisotopic (exact) mass is 523 g/mol. The number of carbonyl (C=O) groups excluding carboxylic acids is 3. The summed E-state index contributed by atoms with van der Waals surface area (Å²) < 4.78 is 19.9. The molecule has 0 saturated carbocycles. The lowest BCUT2D eigenvalue weighted by Crippen LogP contribution is -2.54. The van der Waals surface area contributed by atoms with Gasteiger partial charge in [0.25, 0.3) is 17.5 Å². The summed E-state index contributed by atoms with van der Waals surface area (Å²) in [7, 11) is 0. The first-order valence-corrected chi connectivity index (χ1v) is 11.4. The van der Waals surface area contributed by atoms with Gasteiger partial charge in [-0.2, -0.15) is 0 Å². The second-order valence-corrected chi connectivity index (χ2v) is 8.32. The molecule has 1 aliphatic heterocycles. The van der Waals surface area contributed by atoms with Crippen LogP contribution in [-0.4, -0.2) is 29.4 Å². The van der Waals surface area contributed by atoms with E-state index in [0.717, 1.165) is 6.07 Å². The maximum atomic E-state index is 14.2. The number of rotatable bonds is 7. The Bertz CT molecular complexity index is 1470. The topological polar surface area (TPSA) is 119 Å². The van der Waals surface area contributed by atoms with E-state index in [1.807, 2.05) is 0 Å². The zero-order chi connectivity index (χ0) is 26.7. The standard InChI is InChI=1S/C26H19ClFN3O6/c1-2-37-23-12-15(11-21(27)19(23)13-16-6-3-4-9-22(16)28)10-20-24(32)29-26(34)30(25(20)33)17-7-5-8-18(14-17)31(35)36/h3-12,14H,2,13H2,1H3,(H,29,32,34)/b20-10+. The lowest BCUT2D eigenvalue weighted by atomic mass is 10.00. The summed E-state index contributed by atoms with van der Waals surface area (Å²) in [6.45, 7) is 2.03. The minimum Gasteiger partial charge on any atom is -0.494 e. The third-order valence-corrected chi connectivity index (χ3v) is 5.85. The number of anilines is 1. The van der Waals surface area contributed by atoms with Crippen molar-refractivity contribution in [1.82, 2.24) is 5.32 Å². The van der Waals surface area contributed by atoms with E-state index in [2.05, 4.69) is 5.32 Å². The van der Waals surface area contributed by atoms with Gasteiger partial charge in [-0.05, 0) is 48.4 Å². The summed E-state index contributed by atoms with van der Waals surface area (Å²) in [6.07, 6.45) is 1.38. The van der Waals surface area contributed by atoms with Crippen LogP contribution in [0.25, 0.3) is 6.08 Å². The molecule has 0 aliphatic carbocycles. The normalized spacial score (nSPS) is 14.6. The number of benzene rings is 3. The maximum Gasteiger partial charge on any atom is 0.335 e. The number of non-ortho nitro benzene ring substituents is 1. The number of hydrogen-bond donors (Lipinski definition) is 1. The summed E-state index contributed by atoms with van der Waals surface area (Å²) in [5, 5.41) is 13.4. The van der Waals surface area contributed by atoms with E-state index in [4.69, 9.17) is 16.3 Å². The quantitative estimate of drug-likeness (QED) is 0.200. The number of nitrogens with one attached hydrogen (secondary N) is 1. The first-order valence-electron chi connectivity index (χ1n) is 11.0. The van der Waals surface area contributed by atoms with Gasteiger partial charge in [0.1, 0.15) is 17.1 Å². The van der Waals surface area contributed by atoms with E-state index < -0.39 is 34.2 Å². The number of imide groups is 2. The van der Waals surface area contributed by atoms with E-state index >= 15 is 0 Å². The highest BCUT2D eigenvalue weighted by Gasteiger charge is 2.37. The third kappa shape index (κ3) is 5.34. The molecule has 11 heteroatoms. The second kappa shape index (κ2) is 10.6. The second-order valence-electron chi connectivity index (χ2n) is 7.92. The van der Waals surface area contributed by atoms with Crippen LogP contribution in [0.4, 0.5) is 20.6 Å². The number of carbonyl (C=O) groups is 3. The molecule has 0 unspecified atom stereocenters. The summed E-state index contributed by atoms with van der Waals surface area (Å²) in [6, 6.07) is 13.1. The number of nitro benzene ring substituents is 1. The Kier molecular flexibility index (Phi) is 7.30. The van der Waals surface area contributed by atoms with Crippen LogP contribution in [-0.2, 0) is 16.0 Å². The molecule has 4 rings (SSSR count). The number of ether oxygens (including phenoxy) is 1. The Morgan fingerprint density at radius 3 is 2.57 bits per heavy atom. The molecule has 9 nitrogen and oxygen atoms in total. The van der Waals surface area contributed by atoms with Crippen LogP contribution in [0.1, 0.15) is 23.6 Å². The fourth-order valence-corrected chi connectivity index (χ4v) is 4.09. The Labute approximate surface area is 215 Å². The van der Waals surface area contributed by atoms with Gasteiger partial charge in [0.15, 0.2) is 0 Å². The third-order valence-electron chi connectivity index (χ3n) is 5.51. The van der Waals surface area contributed by atoms with Gasteiger partial charge in [-0.1, -0.05) is 35.9 Å². The first kappa shape index (κ1) is 25.5. The smallest absolute Gasteiger partial charge is 0.335 e. The predicted molar refractivity (Wildman–Crippen MR) is 134 cm³/mol. The van der Waals surface area contributed by atoms with Crippen LogP contribution < -0.4 is 15.0 Å². The van der Waals surface area contributed by atoms with Crippen molar-refractivity contribution in [2.75, 3.05) is 11.5 Å². The predicted octanol–water partition coefficient (Wildman–Crippen LogP) is 5.04. The number of amides is 4. The Morgan fingerprint density at radius 1 is 1.11 bits per heavy atom. The summed E-state index contributed by atoms with van der Waals surface area (Å²) in [5.74, 6) is -1.98. The van der Waals surface area contributed by atoms with Gasteiger partial charge in [0.2, 0.25) is 0 Å².